The highest BCUT2D eigenvalue weighted by molar-refractivity contribution is 4.97. The average Bonchev–Trinajstić information content (AvgIpc) is 2.39. The van der Waals surface area contributed by atoms with Crippen molar-refractivity contribution in [3.8, 4) is 0 Å². The van der Waals surface area contributed by atoms with Crippen LogP contribution in [0.4, 0.5) is 0 Å². The Morgan fingerprint density at radius 2 is 1.61 bits per heavy atom. The van der Waals surface area contributed by atoms with Gasteiger partial charge in [0.25, 0.3) is 0 Å². The summed E-state index contributed by atoms with van der Waals surface area (Å²) >= 11 is 0. The SMILES string of the molecule is CCCCCC[C](CC)C1CCC(C(C)C)CC1. The molecule has 0 unspecified atom stereocenters. The van der Waals surface area contributed by atoms with Gasteiger partial charge < -0.3 is 0 Å². The number of rotatable bonds is 8. The molecule has 18 heavy (non-hydrogen) atoms. The summed E-state index contributed by atoms with van der Waals surface area (Å²) in [7, 11) is 0. The Balaban J connectivity index is 2.25. The van der Waals surface area contributed by atoms with Crippen LogP contribution in [0.2, 0.25) is 0 Å². The zero-order chi connectivity index (χ0) is 13.4. The van der Waals surface area contributed by atoms with E-state index >= 15 is 0 Å². The zero-order valence-electron chi connectivity index (χ0n) is 13.3. The normalized spacial score (nSPS) is 25.0. The lowest BCUT2D eigenvalue weighted by atomic mass is 9.71. The van der Waals surface area contributed by atoms with Crippen LogP contribution in [0.15, 0.2) is 0 Å². The Morgan fingerprint density at radius 1 is 0.944 bits per heavy atom. The van der Waals surface area contributed by atoms with Gasteiger partial charge in [-0.15, -0.1) is 0 Å². The molecule has 0 nitrogen and oxygen atoms in total. The Bertz CT molecular complexity index is 186. The fourth-order valence-electron chi connectivity index (χ4n) is 3.64. The van der Waals surface area contributed by atoms with Gasteiger partial charge in [-0.05, 0) is 62.2 Å². The van der Waals surface area contributed by atoms with Gasteiger partial charge in [0, 0.05) is 0 Å². The zero-order valence-corrected chi connectivity index (χ0v) is 13.3. The molecular formula is C18H35. The maximum absolute atomic E-state index is 2.40. The summed E-state index contributed by atoms with van der Waals surface area (Å²) in [5.74, 6) is 4.79. The highest BCUT2D eigenvalue weighted by Crippen LogP contribution is 2.40. The Hall–Kier alpha value is 0. The predicted molar refractivity (Wildman–Crippen MR) is 82.6 cm³/mol. The summed E-state index contributed by atoms with van der Waals surface area (Å²) in [5.41, 5.74) is 0. The summed E-state index contributed by atoms with van der Waals surface area (Å²) in [6.07, 6.45) is 14.4. The first-order valence-corrected chi connectivity index (χ1v) is 8.53. The highest BCUT2D eigenvalue weighted by Gasteiger charge is 2.27. The summed E-state index contributed by atoms with van der Waals surface area (Å²) in [4.78, 5) is 0. The van der Waals surface area contributed by atoms with Crippen LogP contribution in [0.25, 0.3) is 0 Å². The van der Waals surface area contributed by atoms with Gasteiger partial charge in [-0.1, -0.05) is 53.4 Å². The summed E-state index contributed by atoms with van der Waals surface area (Å²) < 4.78 is 0. The largest absolute Gasteiger partial charge is 0.0654 e. The van der Waals surface area contributed by atoms with Crippen LogP contribution in [0.1, 0.15) is 91.9 Å². The van der Waals surface area contributed by atoms with E-state index in [1.807, 2.05) is 5.92 Å². The van der Waals surface area contributed by atoms with Crippen LogP contribution < -0.4 is 0 Å². The van der Waals surface area contributed by atoms with Gasteiger partial charge in [-0.2, -0.15) is 0 Å². The molecule has 0 aromatic carbocycles. The standard InChI is InChI=1S/C18H35/c1-5-7-8-9-10-16(6-2)18-13-11-17(12-14-18)15(3)4/h15,17-18H,5-14H2,1-4H3. The molecule has 1 fully saturated rings. The molecular weight excluding hydrogens is 216 g/mol. The molecule has 1 aliphatic carbocycles. The summed E-state index contributed by atoms with van der Waals surface area (Å²) in [6.45, 7) is 9.49. The lowest BCUT2D eigenvalue weighted by Gasteiger charge is -2.35. The molecule has 0 N–H and O–H groups in total. The Kier molecular flexibility index (Phi) is 8.02. The van der Waals surface area contributed by atoms with Gasteiger partial charge in [0.2, 0.25) is 0 Å². The van der Waals surface area contributed by atoms with Gasteiger partial charge in [-0.25, -0.2) is 0 Å². The summed E-state index contributed by atoms with van der Waals surface area (Å²) in [5, 5.41) is 0. The van der Waals surface area contributed by atoms with E-state index in [1.54, 1.807) is 0 Å². The molecule has 0 heteroatoms. The van der Waals surface area contributed by atoms with Crippen molar-refractivity contribution in [1.82, 2.24) is 0 Å². The van der Waals surface area contributed by atoms with Crippen LogP contribution in [0.3, 0.4) is 0 Å². The molecule has 0 aromatic rings. The highest BCUT2D eigenvalue weighted by atomic mass is 14.3. The summed E-state index contributed by atoms with van der Waals surface area (Å²) in [6, 6.07) is 0. The third-order valence-corrected chi connectivity index (χ3v) is 5.10. The van der Waals surface area contributed by atoms with Crippen molar-refractivity contribution in [2.75, 3.05) is 0 Å². The van der Waals surface area contributed by atoms with E-state index in [9.17, 15) is 0 Å². The van der Waals surface area contributed by atoms with E-state index in [4.69, 9.17) is 0 Å². The molecule has 0 bridgehead atoms. The Labute approximate surface area is 116 Å². The van der Waals surface area contributed by atoms with Gasteiger partial charge in [0.15, 0.2) is 0 Å². The first kappa shape index (κ1) is 16.1. The van der Waals surface area contributed by atoms with E-state index in [1.165, 1.54) is 64.2 Å². The first-order valence-electron chi connectivity index (χ1n) is 8.53. The molecule has 1 saturated carbocycles. The molecule has 1 aliphatic rings. The fraction of sp³-hybridized carbons (Fsp3) is 0.944. The fourth-order valence-corrected chi connectivity index (χ4v) is 3.64. The average molecular weight is 251 g/mol. The second-order valence-corrected chi connectivity index (χ2v) is 6.68. The van der Waals surface area contributed by atoms with Crippen molar-refractivity contribution >= 4 is 0 Å². The molecule has 0 saturated heterocycles. The van der Waals surface area contributed by atoms with Crippen LogP contribution in [-0.4, -0.2) is 0 Å². The van der Waals surface area contributed by atoms with Crippen LogP contribution >= 0.6 is 0 Å². The Morgan fingerprint density at radius 3 is 2.11 bits per heavy atom. The molecule has 0 amide bonds. The smallest absolute Gasteiger partial charge is 0.0213 e. The second-order valence-electron chi connectivity index (χ2n) is 6.68. The number of unbranched alkanes of at least 4 members (excludes halogenated alkanes) is 3. The molecule has 0 heterocycles. The maximum atomic E-state index is 2.40. The van der Waals surface area contributed by atoms with E-state index in [0.29, 0.717) is 0 Å². The molecule has 1 radical (unpaired) electrons. The number of hydrogen-bond donors (Lipinski definition) is 0. The second kappa shape index (κ2) is 8.99. The van der Waals surface area contributed by atoms with Gasteiger partial charge in [-0.3, -0.25) is 0 Å². The van der Waals surface area contributed by atoms with Crippen molar-refractivity contribution in [3.05, 3.63) is 5.92 Å². The van der Waals surface area contributed by atoms with Crippen molar-refractivity contribution in [1.29, 1.82) is 0 Å². The molecule has 1 rings (SSSR count). The van der Waals surface area contributed by atoms with Crippen molar-refractivity contribution in [2.24, 2.45) is 17.8 Å². The monoisotopic (exact) mass is 251 g/mol. The van der Waals surface area contributed by atoms with Gasteiger partial charge in [0.1, 0.15) is 0 Å². The van der Waals surface area contributed by atoms with Crippen molar-refractivity contribution < 1.29 is 0 Å². The van der Waals surface area contributed by atoms with Crippen LogP contribution in [0, 0.1) is 23.7 Å². The minimum Gasteiger partial charge on any atom is -0.0654 e. The molecule has 0 spiro atoms. The number of hydrogen-bond acceptors (Lipinski definition) is 0. The third-order valence-electron chi connectivity index (χ3n) is 5.10. The lowest BCUT2D eigenvalue weighted by Crippen LogP contribution is -2.22. The molecule has 0 aliphatic heterocycles. The molecule has 107 valence electrons. The van der Waals surface area contributed by atoms with Crippen LogP contribution in [-0.2, 0) is 0 Å². The van der Waals surface area contributed by atoms with Gasteiger partial charge >= 0.3 is 0 Å². The predicted octanol–water partition coefficient (Wildman–Crippen LogP) is 6.40. The first-order chi connectivity index (χ1) is 8.69. The molecule has 0 atom stereocenters. The van der Waals surface area contributed by atoms with E-state index < -0.39 is 0 Å². The van der Waals surface area contributed by atoms with Crippen molar-refractivity contribution in [2.45, 2.75) is 91.9 Å². The topological polar surface area (TPSA) is 0 Å². The minimum atomic E-state index is 0.903. The minimum absolute atomic E-state index is 0.903. The van der Waals surface area contributed by atoms with E-state index in [0.717, 1.165) is 17.8 Å². The van der Waals surface area contributed by atoms with Gasteiger partial charge in [0.05, 0.1) is 0 Å². The third kappa shape index (κ3) is 5.33. The molecule has 0 aromatic heterocycles. The quantitative estimate of drug-likeness (QED) is 0.438. The van der Waals surface area contributed by atoms with E-state index in [2.05, 4.69) is 27.7 Å². The lowest BCUT2D eigenvalue weighted by molar-refractivity contribution is 0.222. The van der Waals surface area contributed by atoms with E-state index in [-0.39, 0.29) is 0 Å². The van der Waals surface area contributed by atoms with Crippen molar-refractivity contribution in [3.63, 3.8) is 0 Å². The maximum Gasteiger partial charge on any atom is -0.0213 e. The van der Waals surface area contributed by atoms with Crippen LogP contribution in [0.5, 0.6) is 0 Å².